The Morgan fingerprint density at radius 1 is 0.792 bits per heavy atom. The molecule has 3 rings (SSSR count). The van der Waals surface area contributed by atoms with Crippen molar-refractivity contribution in [1.29, 1.82) is 0 Å². The number of rotatable bonds is 0. The van der Waals surface area contributed by atoms with Gasteiger partial charge in [0.15, 0.2) is 0 Å². The number of halogens is 2. The second-order valence-corrected chi connectivity index (χ2v) is 7.07. The standard InChI is InChI=1S/C13H9.C4H10N.C2H6Si.2ClH.Zr/c1-3-7-12-10(5-1)9-11-6-2-4-8-13(11)12;1-4(2,3)5;1-3-2;;;/h1-9H;5H,1-3H3;1-2H3;2*1H;/q2*-1;;;;+4/p-2. The van der Waals surface area contributed by atoms with Crippen LogP contribution in [0.4, 0.5) is 0 Å². The van der Waals surface area contributed by atoms with E-state index in [0.717, 1.165) is 9.52 Å². The molecule has 0 fully saturated rings. The normalized spacial score (nSPS) is 9.25. The number of hydrogen-bond donors (Lipinski definition) is 0. The molecular weight excluding hydrogens is 432 g/mol. The van der Waals surface area contributed by atoms with Crippen LogP contribution in [0.25, 0.3) is 27.3 Å². The topological polar surface area (TPSA) is 23.8 Å². The maximum atomic E-state index is 6.94. The minimum absolute atomic E-state index is 0. The molecule has 0 aliphatic heterocycles. The minimum atomic E-state index is -0.250. The van der Waals surface area contributed by atoms with Crippen LogP contribution in [0.1, 0.15) is 20.8 Å². The van der Waals surface area contributed by atoms with Gasteiger partial charge in [-0.2, -0.15) is 0 Å². The van der Waals surface area contributed by atoms with E-state index < -0.39 is 0 Å². The van der Waals surface area contributed by atoms with Gasteiger partial charge in [0.1, 0.15) is 0 Å². The van der Waals surface area contributed by atoms with Crippen molar-refractivity contribution in [3.8, 4) is 0 Å². The Morgan fingerprint density at radius 3 is 1.33 bits per heavy atom. The summed E-state index contributed by atoms with van der Waals surface area (Å²) in [5.74, 6) is 0. The van der Waals surface area contributed by atoms with E-state index in [0.29, 0.717) is 0 Å². The Bertz CT molecular complexity index is 621. The van der Waals surface area contributed by atoms with Crippen molar-refractivity contribution in [3.05, 3.63) is 60.3 Å². The first-order valence-electron chi connectivity index (χ1n) is 7.23. The van der Waals surface area contributed by atoms with Crippen molar-refractivity contribution in [2.75, 3.05) is 0 Å². The van der Waals surface area contributed by atoms with E-state index in [2.05, 4.69) is 67.7 Å². The average Bonchev–Trinajstić information content (AvgIpc) is 2.76. The molecule has 24 heavy (non-hydrogen) atoms. The number of hydrogen-bond acceptors (Lipinski definition) is 0. The summed E-state index contributed by atoms with van der Waals surface area (Å²) in [5.41, 5.74) is 6.69. The Kier molecular flexibility index (Phi) is 17.0. The number of nitrogens with one attached hydrogen (secondary N) is 1. The van der Waals surface area contributed by atoms with Crippen molar-refractivity contribution in [2.24, 2.45) is 0 Å². The van der Waals surface area contributed by atoms with Crippen molar-refractivity contribution in [1.82, 2.24) is 0 Å². The third-order valence-electron chi connectivity index (χ3n) is 2.52. The SMILES string of the molecule is CC(C)(C)[NH-].C[Si]C.[Cl-].[Cl-].[Zr+4].c1ccc2c(c1)[cH-]c1ccccc12. The largest absolute Gasteiger partial charge is 4.00 e. The smallest absolute Gasteiger partial charge is 1.00 e. The molecule has 0 aliphatic carbocycles. The van der Waals surface area contributed by atoms with E-state index in [1.165, 1.54) is 21.5 Å². The van der Waals surface area contributed by atoms with Gasteiger partial charge >= 0.3 is 26.2 Å². The fourth-order valence-electron chi connectivity index (χ4n) is 1.90. The minimum Gasteiger partial charge on any atom is -1.00 e. The van der Waals surface area contributed by atoms with E-state index >= 15 is 0 Å². The first kappa shape index (κ1) is 28.7. The molecule has 1 N–H and O–H groups in total. The van der Waals surface area contributed by atoms with Crippen LogP contribution in [0.15, 0.2) is 54.6 Å². The van der Waals surface area contributed by atoms with E-state index in [9.17, 15) is 0 Å². The molecule has 0 aliphatic rings. The van der Waals surface area contributed by atoms with Gasteiger partial charge in [0.2, 0.25) is 0 Å². The molecule has 5 heteroatoms. The van der Waals surface area contributed by atoms with E-state index in [1.807, 2.05) is 20.8 Å². The Balaban J connectivity index is -0.000000351. The Hall–Kier alpha value is -0.0500. The summed E-state index contributed by atoms with van der Waals surface area (Å²) in [6.45, 7) is 9.87. The molecule has 0 spiro atoms. The summed E-state index contributed by atoms with van der Waals surface area (Å²) in [6, 6.07) is 19.3. The molecule has 0 atom stereocenters. The summed E-state index contributed by atoms with van der Waals surface area (Å²) in [6.07, 6.45) is 0. The zero-order chi connectivity index (χ0) is 15.9. The summed E-state index contributed by atoms with van der Waals surface area (Å²) in [4.78, 5) is 0. The molecule has 3 aromatic rings. The van der Waals surface area contributed by atoms with Crippen molar-refractivity contribution in [2.45, 2.75) is 39.4 Å². The van der Waals surface area contributed by atoms with E-state index in [-0.39, 0.29) is 56.6 Å². The Labute approximate surface area is 180 Å². The van der Waals surface area contributed by atoms with Gasteiger partial charge in [-0.25, -0.2) is 0 Å². The molecule has 0 saturated carbocycles. The van der Waals surface area contributed by atoms with Crippen molar-refractivity contribution >= 4 is 31.1 Å². The molecule has 0 bridgehead atoms. The first-order chi connectivity index (χ1) is 9.86. The molecule has 128 valence electrons. The molecular formula is C19H25Cl2NSiZr. The second-order valence-electron chi connectivity index (χ2n) is 6.07. The van der Waals surface area contributed by atoms with Crippen LogP contribution in [0.3, 0.4) is 0 Å². The van der Waals surface area contributed by atoms with Crippen molar-refractivity contribution < 1.29 is 51.0 Å². The van der Waals surface area contributed by atoms with Gasteiger partial charge in [-0.3, -0.25) is 0 Å². The van der Waals surface area contributed by atoms with Gasteiger partial charge in [-0.15, -0.1) is 45.3 Å². The number of benzene rings is 2. The Morgan fingerprint density at radius 2 is 1.04 bits per heavy atom. The van der Waals surface area contributed by atoms with Crippen LogP contribution in [-0.2, 0) is 26.2 Å². The molecule has 3 aromatic carbocycles. The molecule has 2 radical (unpaired) electrons. The summed E-state index contributed by atoms with van der Waals surface area (Å²) in [7, 11) is 1.08. The molecule has 0 saturated heterocycles. The van der Waals surface area contributed by atoms with Gasteiger partial charge in [-0.05, 0) is 0 Å². The average molecular weight is 458 g/mol. The summed E-state index contributed by atoms with van der Waals surface area (Å²) < 4.78 is 0. The zero-order valence-corrected chi connectivity index (χ0v) is 19.9. The molecule has 0 unspecified atom stereocenters. The number of fused-ring (bicyclic) bond motifs is 3. The predicted molar refractivity (Wildman–Crippen MR) is 98.6 cm³/mol. The van der Waals surface area contributed by atoms with Gasteiger partial charge < -0.3 is 30.5 Å². The first-order valence-corrected chi connectivity index (χ1v) is 9.23. The molecule has 0 heterocycles. The summed E-state index contributed by atoms with van der Waals surface area (Å²) >= 11 is 0. The third kappa shape index (κ3) is 10.7. The van der Waals surface area contributed by atoms with E-state index in [1.54, 1.807) is 0 Å². The van der Waals surface area contributed by atoms with Gasteiger partial charge in [0.05, 0.1) is 0 Å². The van der Waals surface area contributed by atoms with Gasteiger partial charge in [-0.1, -0.05) is 70.3 Å². The van der Waals surface area contributed by atoms with Crippen LogP contribution in [0.2, 0.25) is 13.1 Å². The van der Waals surface area contributed by atoms with Crippen LogP contribution in [0.5, 0.6) is 0 Å². The predicted octanol–water partition coefficient (Wildman–Crippen LogP) is 0.341. The molecule has 0 amide bonds. The third-order valence-corrected chi connectivity index (χ3v) is 2.52. The van der Waals surface area contributed by atoms with Crippen molar-refractivity contribution in [3.63, 3.8) is 0 Å². The monoisotopic (exact) mass is 455 g/mol. The maximum Gasteiger partial charge on any atom is 4.00 e. The quantitative estimate of drug-likeness (QED) is 0.344. The van der Waals surface area contributed by atoms with E-state index in [4.69, 9.17) is 5.73 Å². The molecule has 1 nitrogen and oxygen atoms in total. The zero-order valence-electron chi connectivity index (χ0n) is 15.0. The maximum absolute atomic E-state index is 6.94. The van der Waals surface area contributed by atoms with Gasteiger partial charge in [0, 0.05) is 9.52 Å². The second kappa shape index (κ2) is 14.2. The van der Waals surface area contributed by atoms with Gasteiger partial charge in [0.25, 0.3) is 0 Å². The van der Waals surface area contributed by atoms with Crippen LogP contribution in [-0.4, -0.2) is 15.1 Å². The van der Waals surface area contributed by atoms with Crippen LogP contribution in [0, 0.1) is 0 Å². The van der Waals surface area contributed by atoms with Crippen LogP contribution >= 0.6 is 0 Å². The van der Waals surface area contributed by atoms with Crippen LogP contribution < -0.4 is 24.8 Å². The fourth-order valence-corrected chi connectivity index (χ4v) is 1.90. The summed E-state index contributed by atoms with van der Waals surface area (Å²) in [5, 5.41) is 5.39. The molecule has 0 aromatic heterocycles. The fraction of sp³-hybridized carbons (Fsp3) is 0.316.